The van der Waals surface area contributed by atoms with Gasteiger partial charge in [-0.3, -0.25) is 4.79 Å². The molecule has 4 nitrogen and oxygen atoms in total. The van der Waals surface area contributed by atoms with Crippen molar-refractivity contribution < 1.29 is 9.32 Å². The van der Waals surface area contributed by atoms with E-state index in [1.807, 2.05) is 38.1 Å². The zero-order chi connectivity index (χ0) is 14.3. The fourth-order valence-electron chi connectivity index (χ4n) is 2.18. The van der Waals surface area contributed by atoms with Crippen LogP contribution in [0.5, 0.6) is 0 Å². The predicted molar refractivity (Wildman–Crippen MR) is 77.4 cm³/mol. The molecule has 1 aromatic carbocycles. The van der Waals surface area contributed by atoms with Crippen molar-refractivity contribution in [2.24, 2.45) is 0 Å². The number of hydrogen-bond acceptors (Lipinski definition) is 3. The molecular weight excluding hydrogens is 276 g/mol. The standard InChI is InChI=1S/C15H13ClN2O2/c1-9-3-5-11(6-4-9)15-14(12(19)8-16)17-13-7-10(2)20-18(13)15/h3-7H,8H2,1-2H3. The summed E-state index contributed by atoms with van der Waals surface area (Å²) < 4.78 is 7.20. The number of aromatic nitrogens is 2. The van der Waals surface area contributed by atoms with Gasteiger partial charge in [0.15, 0.2) is 11.4 Å². The summed E-state index contributed by atoms with van der Waals surface area (Å²) in [5.41, 5.74) is 3.65. The highest BCUT2D eigenvalue weighted by Gasteiger charge is 2.22. The van der Waals surface area contributed by atoms with Crippen LogP contribution in [0.2, 0.25) is 0 Å². The Morgan fingerprint density at radius 3 is 2.65 bits per heavy atom. The Hall–Kier alpha value is -2.07. The minimum atomic E-state index is -0.209. The number of imidazole rings is 1. The lowest BCUT2D eigenvalue weighted by Gasteiger charge is -2.03. The second kappa shape index (κ2) is 4.80. The minimum absolute atomic E-state index is 0.0992. The first-order chi connectivity index (χ1) is 9.60. The number of carbonyl (C=O) groups is 1. The Labute approximate surface area is 120 Å². The highest BCUT2D eigenvalue weighted by molar-refractivity contribution is 6.30. The van der Waals surface area contributed by atoms with Crippen LogP contribution in [0.25, 0.3) is 16.9 Å². The number of hydrogen-bond donors (Lipinski definition) is 0. The van der Waals surface area contributed by atoms with E-state index in [1.54, 1.807) is 10.6 Å². The van der Waals surface area contributed by atoms with Crippen LogP contribution in [-0.4, -0.2) is 21.2 Å². The number of halogens is 1. The van der Waals surface area contributed by atoms with E-state index < -0.39 is 0 Å². The predicted octanol–water partition coefficient (Wildman–Crippen LogP) is 3.63. The van der Waals surface area contributed by atoms with Gasteiger partial charge in [0.05, 0.1) is 5.88 Å². The molecule has 0 N–H and O–H groups in total. The molecule has 0 aliphatic heterocycles. The molecule has 0 amide bonds. The average molecular weight is 289 g/mol. The van der Waals surface area contributed by atoms with Crippen molar-refractivity contribution in [3.8, 4) is 11.3 Å². The molecule has 0 unspecified atom stereocenters. The molecule has 3 rings (SSSR count). The van der Waals surface area contributed by atoms with E-state index in [-0.39, 0.29) is 11.7 Å². The largest absolute Gasteiger partial charge is 0.378 e. The van der Waals surface area contributed by atoms with Crippen LogP contribution in [0.15, 0.2) is 34.9 Å². The molecule has 0 aliphatic rings. The number of fused-ring (bicyclic) bond motifs is 1. The molecule has 0 aliphatic carbocycles. The quantitative estimate of drug-likeness (QED) is 0.546. The molecule has 0 saturated carbocycles. The van der Waals surface area contributed by atoms with Crippen molar-refractivity contribution in [1.82, 2.24) is 9.56 Å². The maximum absolute atomic E-state index is 12.0. The van der Waals surface area contributed by atoms with Gasteiger partial charge in [0.25, 0.3) is 0 Å². The summed E-state index contributed by atoms with van der Waals surface area (Å²) in [6.45, 7) is 3.86. The second-order valence-corrected chi connectivity index (χ2v) is 5.00. The Bertz CT molecular complexity index is 784. The van der Waals surface area contributed by atoms with Gasteiger partial charge in [-0.2, -0.15) is 4.57 Å². The van der Waals surface area contributed by atoms with Crippen LogP contribution < -0.4 is 0 Å². The summed E-state index contributed by atoms with van der Waals surface area (Å²) in [7, 11) is 0. The van der Waals surface area contributed by atoms with E-state index >= 15 is 0 Å². The van der Waals surface area contributed by atoms with Gasteiger partial charge in [-0.05, 0) is 13.8 Å². The molecule has 2 heterocycles. The number of Topliss-reactive ketones (excluding diaryl/α,β-unsaturated/α-hetero) is 1. The average Bonchev–Trinajstić information content (AvgIpc) is 2.95. The zero-order valence-electron chi connectivity index (χ0n) is 11.2. The monoisotopic (exact) mass is 288 g/mol. The molecule has 0 atom stereocenters. The SMILES string of the molecule is Cc1ccc(-c2c(C(=O)CCl)nc3cc(C)on23)cc1. The first-order valence-corrected chi connectivity index (χ1v) is 6.79. The van der Waals surface area contributed by atoms with Gasteiger partial charge in [-0.15, -0.1) is 11.6 Å². The van der Waals surface area contributed by atoms with Gasteiger partial charge in [0, 0.05) is 11.6 Å². The molecule has 0 bridgehead atoms. The highest BCUT2D eigenvalue weighted by atomic mass is 35.5. The summed E-state index contributed by atoms with van der Waals surface area (Å²) >= 11 is 5.67. The fourth-order valence-corrected chi connectivity index (χ4v) is 2.31. The number of benzene rings is 1. The third-order valence-electron chi connectivity index (χ3n) is 3.14. The minimum Gasteiger partial charge on any atom is -0.378 e. The lowest BCUT2D eigenvalue weighted by Crippen LogP contribution is -2.03. The fraction of sp³-hybridized carbons (Fsp3) is 0.200. The lowest BCUT2D eigenvalue weighted by atomic mass is 10.1. The molecular formula is C15H13ClN2O2. The van der Waals surface area contributed by atoms with Crippen molar-refractivity contribution in [1.29, 1.82) is 0 Å². The van der Waals surface area contributed by atoms with Crippen LogP contribution in [-0.2, 0) is 0 Å². The van der Waals surface area contributed by atoms with E-state index in [9.17, 15) is 4.79 Å². The van der Waals surface area contributed by atoms with Crippen molar-refractivity contribution in [3.63, 3.8) is 0 Å². The maximum atomic E-state index is 12.0. The van der Waals surface area contributed by atoms with Gasteiger partial charge in [0.1, 0.15) is 17.1 Å². The summed E-state index contributed by atoms with van der Waals surface area (Å²) in [5, 5.41) is 0. The summed E-state index contributed by atoms with van der Waals surface area (Å²) in [4.78, 5) is 16.3. The van der Waals surface area contributed by atoms with E-state index in [1.165, 1.54) is 0 Å². The van der Waals surface area contributed by atoms with E-state index in [2.05, 4.69) is 4.98 Å². The first-order valence-electron chi connectivity index (χ1n) is 6.25. The smallest absolute Gasteiger partial charge is 0.198 e. The molecule has 0 fully saturated rings. The van der Waals surface area contributed by atoms with Gasteiger partial charge in [0.2, 0.25) is 0 Å². The molecule has 2 aromatic heterocycles. The molecule has 0 saturated heterocycles. The van der Waals surface area contributed by atoms with Gasteiger partial charge in [-0.25, -0.2) is 4.98 Å². The van der Waals surface area contributed by atoms with Gasteiger partial charge >= 0.3 is 0 Å². The summed E-state index contributed by atoms with van der Waals surface area (Å²) in [5.74, 6) is 0.433. The molecule has 102 valence electrons. The third kappa shape index (κ3) is 2.02. The van der Waals surface area contributed by atoms with Crippen molar-refractivity contribution in [2.45, 2.75) is 13.8 Å². The molecule has 0 radical (unpaired) electrons. The second-order valence-electron chi connectivity index (χ2n) is 4.73. The van der Waals surface area contributed by atoms with E-state index in [4.69, 9.17) is 16.1 Å². The van der Waals surface area contributed by atoms with Gasteiger partial charge in [-0.1, -0.05) is 29.8 Å². The van der Waals surface area contributed by atoms with Crippen LogP contribution in [0.1, 0.15) is 21.8 Å². The topological polar surface area (TPSA) is 47.5 Å². The molecule has 0 spiro atoms. The van der Waals surface area contributed by atoms with E-state index in [0.717, 1.165) is 16.9 Å². The molecule has 20 heavy (non-hydrogen) atoms. The number of alkyl halides is 1. The van der Waals surface area contributed by atoms with Gasteiger partial charge < -0.3 is 4.52 Å². The molecule has 3 aromatic rings. The van der Waals surface area contributed by atoms with Crippen molar-refractivity contribution in [3.05, 3.63) is 47.3 Å². The zero-order valence-corrected chi connectivity index (χ0v) is 11.9. The van der Waals surface area contributed by atoms with E-state index in [0.29, 0.717) is 17.0 Å². The Kier molecular flexibility index (Phi) is 3.10. The Morgan fingerprint density at radius 2 is 2.00 bits per heavy atom. The first kappa shape index (κ1) is 12.9. The summed E-state index contributed by atoms with van der Waals surface area (Å²) in [6, 6.07) is 9.66. The van der Waals surface area contributed by atoms with Crippen LogP contribution in [0.4, 0.5) is 0 Å². The maximum Gasteiger partial charge on any atom is 0.198 e. The van der Waals surface area contributed by atoms with Crippen molar-refractivity contribution >= 4 is 23.0 Å². The van der Waals surface area contributed by atoms with Crippen LogP contribution >= 0.6 is 11.6 Å². The third-order valence-corrected chi connectivity index (χ3v) is 3.38. The van der Waals surface area contributed by atoms with Crippen molar-refractivity contribution in [2.75, 3.05) is 5.88 Å². The Balaban J connectivity index is 2.29. The number of ketones is 1. The normalized spacial score (nSPS) is 11.2. The van der Waals surface area contributed by atoms with Crippen LogP contribution in [0.3, 0.4) is 0 Å². The molecule has 5 heteroatoms. The number of rotatable bonds is 3. The Morgan fingerprint density at radius 1 is 1.30 bits per heavy atom. The number of aryl methyl sites for hydroxylation is 2. The summed E-state index contributed by atoms with van der Waals surface area (Å²) in [6.07, 6.45) is 0. The number of carbonyl (C=O) groups excluding carboxylic acids is 1. The highest BCUT2D eigenvalue weighted by Crippen LogP contribution is 2.27. The number of nitrogens with zero attached hydrogens (tertiary/aromatic N) is 2. The van der Waals surface area contributed by atoms with Crippen LogP contribution in [0, 0.1) is 13.8 Å². The lowest BCUT2D eigenvalue weighted by molar-refractivity contribution is 0.101.